The van der Waals surface area contributed by atoms with Crippen LogP contribution in [0.2, 0.25) is 0 Å². The summed E-state index contributed by atoms with van der Waals surface area (Å²) in [4.78, 5) is 31.3. The number of hydrogen-bond donors (Lipinski definition) is 2. The van der Waals surface area contributed by atoms with Crippen LogP contribution in [-0.4, -0.2) is 52.9 Å². The number of nitrogens with zero attached hydrogens (tertiary/aromatic N) is 2. The van der Waals surface area contributed by atoms with Crippen LogP contribution in [0.5, 0.6) is 0 Å². The number of aromatic nitrogens is 1. The average Bonchev–Trinajstić information content (AvgIpc) is 2.96. The fraction of sp³-hybridized carbons (Fsp3) is 0.333. The first-order chi connectivity index (χ1) is 11.7. The maximum absolute atomic E-state index is 12.4. The highest BCUT2D eigenvalue weighted by atomic mass is 16.2. The molecular weight excluding hydrogens is 304 g/mol. The predicted molar refractivity (Wildman–Crippen MR) is 92.7 cm³/mol. The van der Waals surface area contributed by atoms with Crippen LogP contribution < -0.4 is 5.32 Å². The van der Waals surface area contributed by atoms with E-state index in [1.54, 1.807) is 4.90 Å². The lowest BCUT2D eigenvalue weighted by atomic mass is 10.2. The molecule has 24 heavy (non-hydrogen) atoms. The Labute approximate surface area is 141 Å². The van der Waals surface area contributed by atoms with Crippen molar-refractivity contribution in [3.05, 3.63) is 54.4 Å². The van der Waals surface area contributed by atoms with Crippen molar-refractivity contribution in [2.24, 2.45) is 0 Å². The van der Waals surface area contributed by atoms with E-state index in [-0.39, 0.29) is 11.9 Å². The van der Waals surface area contributed by atoms with E-state index in [0.29, 0.717) is 32.6 Å². The van der Waals surface area contributed by atoms with Gasteiger partial charge in [0.15, 0.2) is 0 Å². The molecule has 1 aliphatic rings. The van der Waals surface area contributed by atoms with Crippen molar-refractivity contribution in [1.29, 1.82) is 0 Å². The summed E-state index contributed by atoms with van der Waals surface area (Å²) in [6.07, 6.45) is 4.86. The van der Waals surface area contributed by atoms with Crippen molar-refractivity contribution < 1.29 is 9.59 Å². The second-order valence-electron chi connectivity index (χ2n) is 5.91. The minimum Gasteiger partial charge on any atom is -0.367 e. The lowest BCUT2D eigenvalue weighted by molar-refractivity contribution is -0.130. The van der Waals surface area contributed by atoms with E-state index in [1.165, 1.54) is 0 Å². The van der Waals surface area contributed by atoms with Crippen LogP contribution in [0.3, 0.4) is 0 Å². The molecule has 126 valence electrons. The van der Waals surface area contributed by atoms with Crippen LogP contribution in [0, 0.1) is 0 Å². The van der Waals surface area contributed by atoms with Crippen LogP contribution >= 0.6 is 0 Å². The van der Waals surface area contributed by atoms with Crippen molar-refractivity contribution >= 4 is 17.6 Å². The van der Waals surface area contributed by atoms with Gasteiger partial charge in [-0.2, -0.15) is 0 Å². The van der Waals surface area contributed by atoms with Crippen LogP contribution in [0.15, 0.2) is 48.8 Å². The predicted octanol–water partition coefficient (Wildman–Crippen LogP) is 2.32. The minimum atomic E-state index is -0.110. The smallest absolute Gasteiger partial charge is 0.321 e. The summed E-state index contributed by atoms with van der Waals surface area (Å²) in [5.41, 5.74) is 1.77. The van der Waals surface area contributed by atoms with Gasteiger partial charge in [0.2, 0.25) is 5.91 Å². The molecule has 0 saturated carbocycles. The van der Waals surface area contributed by atoms with E-state index in [9.17, 15) is 9.59 Å². The second kappa shape index (κ2) is 7.68. The third kappa shape index (κ3) is 4.16. The van der Waals surface area contributed by atoms with Gasteiger partial charge in [0.1, 0.15) is 0 Å². The van der Waals surface area contributed by atoms with Gasteiger partial charge in [0, 0.05) is 44.3 Å². The average molecular weight is 326 g/mol. The number of anilines is 1. The maximum Gasteiger partial charge on any atom is 0.321 e. The molecule has 3 rings (SSSR count). The van der Waals surface area contributed by atoms with Crippen LogP contribution in [0.25, 0.3) is 0 Å². The number of carbonyl (C=O) groups excluding carboxylic acids is 2. The number of H-pyrrole nitrogens is 1. The highest BCUT2D eigenvalue weighted by Gasteiger charge is 2.22. The van der Waals surface area contributed by atoms with Gasteiger partial charge in [-0.15, -0.1) is 0 Å². The van der Waals surface area contributed by atoms with Crippen molar-refractivity contribution in [2.75, 3.05) is 31.5 Å². The topological polar surface area (TPSA) is 68.4 Å². The molecule has 0 radical (unpaired) electrons. The monoisotopic (exact) mass is 326 g/mol. The highest BCUT2D eigenvalue weighted by molar-refractivity contribution is 5.89. The standard InChI is InChI=1S/C18H22N4O2/c23-17(13-15-7-8-19-14-15)21-9-4-10-22(12-11-21)18(24)20-16-5-2-1-3-6-16/h1-3,5-8,14,19H,4,9-13H2,(H,20,24). The highest BCUT2D eigenvalue weighted by Crippen LogP contribution is 2.10. The Balaban J connectivity index is 1.52. The molecular formula is C18H22N4O2. The van der Waals surface area contributed by atoms with Crippen LogP contribution in [0.1, 0.15) is 12.0 Å². The Morgan fingerprint density at radius 3 is 2.50 bits per heavy atom. The summed E-state index contributed by atoms with van der Waals surface area (Å²) < 4.78 is 0. The van der Waals surface area contributed by atoms with Gasteiger partial charge in [0.05, 0.1) is 6.42 Å². The fourth-order valence-corrected chi connectivity index (χ4v) is 2.85. The first-order valence-electron chi connectivity index (χ1n) is 8.23. The van der Waals surface area contributed by atoms with E-state index in [2.05, 4.69) is 10.3 Å². The summed E-state index contributed by atoms with van der Waals surface area (Å²) in [6, 6.07) is 11.2. The van der Waals surface area contributed by atoms with Crippen LogP contribution in [0.4, 0.5) is 10.5 Å². The summed E-state index contributed by atoms with van der Waals surface area (Å²) in [7, 11) is 0. The normalized spacial score (nSPS) is 15.0. The van der Waals surface area contributed by atoms with E-state index in [4.69, 9.17) is 0 Å². The lowest BCUT2D eigenvalue weighted by Crippen LogP contribution is -2.39. The Bertz CT molecular complexity index is 670. The number of benzene rings is 1. The minimum absolute atomic E-state index is 0.110. The molecule has 1 aliphatic heterocycles. The molecule has 1 fully saturated rings. The third-order valence-corrected chi connectivity index (χ3v) is 4.18. The fourth-order valence-electron chi connectivity index (χ4n) is 2.85. The summed E-state index contributed by atoms with van der Waals surface area (Å²) >= 11 is 0. The molecule has 0 atom stereocenters. The number of urea groups is 1. The van der Waals surface area contributed by atoms with Gasteiger partial charge in [-0.1, -0.05) is 18.2 Å². The number of rotatable bonds is 3. The molecule has 3 amide bonds. The number of aromatic amines is 1. The number of amides is 3. The van der Waals surface area contributed by atoms with E-state index in [0.717, 1.165) is 17.7 Å². The number of hydrogen-bond acceptors (Lipinski definition) is 2. The Hall–Kier alpha value is -2.76. The molecule has 0 bridgehead atoms. The third-order valence-electron chi connectivity index (χ3n) is 4.18. The molecule has 2 N–H and O–H groups in total. The zero-order chi connectivity index (χ0) is 16.8. The van der Waals surface area contributed by atoms with Gasteiger partial charge in [-0.3, -0.25) is 4.79 Å². The maximum atomic E-state index is 12.4. The molecule has 6 heteroatoms. The zero-order valence-electron chi connectivity index (χ0n) is 13.6. The molecule has 2 aromatic rings. The molecule has 6 nitrogen and oxygen atoms in total. The molecule has 0 aliphatic carbocycles. The van der Waals surface area contributed by atoms with E-state index >= 15 is 0 Å². The number of carbonyl (C=O) groups is 2. The van der Waals surface area contributed by atoms with Crippen LogP contribution in [-0.2, 0) is 11.2 Å². The van der Waals surface area contributed by atoms with Gasteiger partial charge in [0.25, 0.3) is 0 Å². The van der Waals surface area contributed by atoms with Crippen molar-refractivity contribution in [3.8, 4) is 0 Å². The number of para-hydroxylation sites is 1. The summed E-state index contributed by atoms with van der Waals surface area (Å²) in [5, 5.41) is 2.90. The Kier molecular flexibility index (Phi) is 5.15. The second-order valence-corrected chi connectivity index (χ2v) is 5.91. The van der Waals surface area contributed by atoms with Crippen molar-refractivity contribution in [3.63, 3.8) is 0 Å². The van der Waals surface area contributed by atoms with Gasteiger partial charge >= 0.3 is 6.03 Å². The largest absolute Gasteiger partial charge is 0.367 e. The first kappa shape index (κ1) is 16.1. The molecule has 1 aromatic heterocycles. The van der Waals surface area contributed by atoms with Gasteiger partial charge < -0.3 is 20.1 Å². The Morgan fingerprint density at radius 1 is 1.00 bits per heavy atom. The Morgan fingerprint density at radius 2 is 1.75 bits per heavy atom. The summed E-state index contributed by atoms with van der Waals surface area (Å²) in [6.45, 7) is 2.48. The molecule has 1 aromatic carbocycles. The van der Waals surface area contributed by atoms with E-state index < -0.39 is 0 Å². The molecule has 1 saturated heterocycles. The quantitative estimate of drug-likeness (QED) is 0.909. The molecule has 0 spiro atoms. The van der Waals surface area contributed by atoms with Crippen molar-refractivity contribution in [2.45, 2.75) is 12.8 Å². The SMILES string of the molecule is O=C(Cc1cc[nH]c1)N1CCCN(C(=O)Nc2ccccc2)CC1. The number of nitrogens with one attached hydrogen (secondary N) is 2. The molecule has 2 heterocycles. The lowest BCUT2D eigenvalue weighted by Gasteiger charge is -2.22. The van der Waals surface area contributed by atoms with Crippen molar-refractivity contribution in [1.82, 2.24) is 14.8 Å². The van der Waals surface area contributed by atoms with Gasteiger partial charge in [-0.05, 0) is 30.2 Å². The first-order valence-corrected chi connectivity index (χ1v) is 8.23. The molecule has 0 unspecified atom stereocenters. The van der Waals surface area contributed by atoms with Gasteiger partial charge in [-0.25, -0.2) is 4.79 Å². The zero-order valence-corrected chi connectivity index (χ0v) is 13.6. The van der Waals surface area contributed by atoms with E-state index in [1.807, 2.05) is 53.7 Å². The summed E-state index contributed by atoms with van der Waals surface area (Å²) in [5.74, 6) is 0.111.